The van der Waals surface area contributed by atoms with Gasteiger partial charge in [0.05, 0.1) is 0 Å². The van der Waals surface area contributed by atoms with Crippen molar-refractivity contribution < 1.29 is 0 Å². The topological polar surface area (TPSA) is 49.9 Å². The van der Waals surface area contributed by atoms with Gasteiger partial charge >= 0.3 is 0 Å². The Morgan fingerprint density at radius 2 is 2.09 bits per heavy atom. The Morgan fingerprint density at radius 1 is 1.45 bits per heavy atom. The van der Waals surface area contributed by atoms with Crippen LogP contribution in [0.3, 0.4) is 0 Å². The van der Waals surface area contributed by atoms with Gasteiger partial charge in [-0.1, -0.05) is 23.7 Å². The fourth-order valence-corrected chi connectivity index (χ4v) is 0.846. The molecule has 4 heteroatoms. The Morgan fingerprint density at radius 3 is 2.45 bits per heavy atom. The molecule has 0 aliphatic carbocycles. The summed E-state index contributed by atoms with van der Waals surface area (Å²) in [7, 11) is 0. The third kappa shape index (κ3) is 2.78. The molecule has 11 heavy (non-hydrogen) atoms. The summed E-state index contributed by atoms with van der Waals surface area (Å²) in [5, 5.41) is 7.66. The first-order valence-corrected chi connectivity index (χ1v) is 3.18. The molecule has 1 aromatic rings. The van der Waals surface area contributed by atoms with Crippen LogP contribution in [0, 0.1) is 5.41 Å². The van der Waals surface area contributed by atoms with E-state index >= 15 is 0 Å². The summed E-state index contributed by atoms with van der Waals surface area (Å²) in [5.41, 5.74) is 5.87. The Labute approximate surface area is 76.3 Å². The van der Waals surface area contributed by atoms with Crippen molar-refractivity contribution in [3.63, 3.8) is 0 Å². The quantitative estimate of drug-likeness (QED) is 0.517. The minimum atomic E-state index is 0. The van der Waals surface area contributed by atoms with Gasteiger partial charge in [-0.2, -0.15) is 0 Å². The van der Waals surface area contributed by atoms with Crippen molar-refractivity contribution in [3.8, 4) is 0 Å². The van der Waals surface area contributed by atoms with Crippen LogP contribution in [0.5, 0.6) is 0 Å². The molecule has 0 unspecified atom stereocenters. The summed E-state index contributed by atoms with van der Waals surface area (Å²) >= 11 is 5.64. The lowest BCUT2D eigenvalue weighted by Gasteiger charge is -1.96. The van der Waals surface area contributed by atoms with E-state index in [9.17, 15) is 0 Å². The van der Waals surface area contributed by atoms with Crippen molar-refractivity contribution in [3.05, 3.63) is 34.9 Å². The number of hydrogen-bond donors (Lipinski definition) is 2. The second kappa shape index (κ2) is 4.21. The maximum Gasteiger partial charge on any atom is 0.122 e. The van der Waals surface area contributed by atoms with Crippen LogP contribution in [0.4, 0.5) is 0 Å². The number of hydrogen-bond acceptors (Lipinski definition) is 1. The van der Waals surface area contributed by atoms with Crippen LogP contribution >= 0.6 is 24.0 Å². The number of amidine groups is 1. The van der Waals surface area contributed by atoms with Crippen molar-refractivity contribution in [2.45, 2.75) is 0 Å². The first-order chi connectivity index (χ1) is 4.70. The minimum absolute atomic E-state index is 0. The Balaban J connectivity index is 0.000001000. The van der Waals surface area contributed by atoms with Crippen LogP contribution in [0.25, 0.3) is 0 Å². The molecule has 0 aromatic heterocycles. The van der Waals surface area contributed by atoms with Gasteiger partial charge in [-0.3, -0.25) is 5.41 Å². The van der Waals surface area contributed by atoms with Gasteiger partial charge in [0.15, 0.2) is 0 Å². The van der Waals surface area contributed by atoms with Gasteiger partial charge in [0.2, 0.25) is 0 Å². The third-order valence-corrected chi connectivity index (χ3v) is 1.37. The van der Waals surface area contributed by atoms with Crippen LogP contribution in [0.15, 0.2) is 24.3 Å². The molecule has 1 aromatic carbocycles. The summed E-state index contributed by atoms with van der Waals surface area (Å²) < 4.78 is 0. The van der Waals surface area contributed by atoms with E-state index in [2.05, 4.69) is 0 Å². The average Bonchev–Trinajstić information content (AvgIpc) is 1.88. The molecule has 2 nitrogen and oxygen atoms in total. The molecule has 0 atom stereocenters. The fourth-order valence-electron chi connectivity index (χ4n) is 0.656. The second-order valence-electron chi connectivity index (χ2n) is 1.92. The standard InChI is InChI=1S/C7H7ClN2.ClH/c8-6-3-1-2-5(4-6)7(9)10;/h1-4H,(H3,9,10);1H. The first kappa shape index (κ1) is 10.3. The van der Waals surface area contributed by atoms with Crippen LogP contribution < -0.4 is 5.73 Å². The second-order valence-corrected chi connectivity index (χ2v) is 2.36. The monoisotopic (exact) mass is 190 g/mol. The largest absolute Gasteiger partial charge is 0.384 e. The Hall–Kier alpha value is -0.730. The van der Waals surface area contributed by atoms with Gasteiger partial charge in [-0.25, -0.2) is 0 Å². The molecule has 0 heterocycles. The molecular weight excluding hydrogens is 183 g/mol. The van der Waals surface area contributed by atoms with E-state index in [1.807, 2.05) is 0 Å². The van der Waals surface area contributed by atoms with Crippen molar-refractivity contribution in [2.24, 2.45) is 5.73 Å². The molecule has 0 aliphatic heterocycles. The zero-order chi connectivity index (χ0) is 7.56. The summed E-state index contributed by atoms with van der Waals surface area (Å²) in [5.74, 6) is 0.0440. The number of nitrogen functional groups attached to an aromatic ring is 1. The fraction of sp³-hybridized carbons (Fsp3) is 0. The smallest absolute Gasteiger partial charge is 0.122 e. The summed E-state index contributed by atoms with van der Waals surface area (Å²) in [6.07, 6.45) is 0. The van der Waals surface area contributed by atoms with E-state index in [0.717, 1.165) is 0 Å². The summed E-state index contributed by atoms with van der Waals surface area (Å²) in [6, 6.07) is 6.91. The number of nitrogens with one attached hydrogen (secondary N) is 1. The molecular formula is C7H8Cl2N2. The molecule has 0 fully saturated rings. The molecule has 0 spiro atoms. The van der Waals surface area contributed by atoms with Crippen molar-refractivity contribution in [2.75, 3.05) is 0 Å². The molecule has 60 valence electrons. The highest BCUT2D eigenvalue weighted by atomic mass is 35.5. The SMILES string of the molecule is Cl.N=C(N)c1cccc(Cl)c1. The van der Waals surface area contributed by atoms with E-state index < -0.39 is 0 Å². The highest BCUT2D eigenvalue weighted by Crippen LogP contribution is 2.09. The predicted molar refractivity (Wildman–Crippen MR) is 49.7 cm³/mol. The van der Waals surface area contributed by atoms with Gasteiger partial charge in [0, 0.05) is 10.6 Å². The van der Waals surface area contributed by atoms with Gasteiger partial charge in [0.25, 0.3) is 0 Å². The lowest BCUT2D eigenvalue weighted by molar-refractivity contribution is 1.42. The lowest BCUT2D eigenvalue weighted by Crippen LogP contribution is -2.10. The van der Waals surface area contributed by atoms with Crippen LogP contribution in [0.1, 0.15) is 5.56 Å². The number of benzene rings is 1. The Kier molecular flexibility index (Phi) is 3.93. The average molecular weight is 191 g/mol. The van der Waals surface area contributed by atoms with E-state index in [4.69, 9.17) is 22.7 Å². The molecule has 0 bridgehead atoms. The minimum Gasteiger partial charge on any atom is -0.384 e. The van der Waals surface area contributed by atoms with Crippen molar-refractivity contribution >= 4 is 29.8 Å². The van der Waals surface area contributed by atoms with Crippen LogP contribution in [-0.2, 0) is 0 Å². The highest BCUT2D eigenvalue weighted by Gasteiger charge is 1.94. The predicted octanol–water partition coefficient (Wildman–Crippen LogP) is 2.05. The van der Waals surface area contributed by atoms with E-state index in [-0.39, 0.29) is 18.2 Å². The van der Waals surface area contributed by atoms with Gasteiger partial charge in [-0.05, 0) is 12.1 Å². The van der Waals surface area contributed by atoms with Gasteiger partial charge < -0.3 is 5.73 Å². The summed E-state index contributed by atoms with van der Waals surface area (Å²) in [4.78, 5) is 0. The van der Waals surface area contributed by atoms with E-state index in [1.54, 1.807) is 24.3 Å². The molecule has 0 radical (unpaired) electrons. The van der Waals surface area contributed by atoms with Crippen molar-refractivity contribution in [1.82, 2.24) is 0 Å². The maximum absolute atomic E-state index is 7.05. The van der Waals surface area contributed by atoms with Crippen LogP contribution in [0.2, 0.25) is 5.02 Å². The molecule has 3 N–H and O–H groups in total. The van der Waals surface area contributed by atoms with Gasteiger partial charge in [-0.15, -0.1) is 12.4 Å². The molecule has 0 saturated carbocycles. The lowest BCUT2D eigenvalue weighted by atomic mass is 10.2. The van der Waals surface area contributed by atoms with Crippen LogP contribution in [-0.4, -0.2) is 5.84 Å². The van der Waals surface area contributed by atoms with Gasteiger partial charge in [0.1, 0.15) is 5.84 Å². The highest BCUT2D eigenvalue weighted by molar-refractivity contribution is 6.30. The van der Waals surface area contributed by atoms with Crippen molar-refractivity contribution in [1.29, 1.82) is 5.41 Å². The number of rotatable bonds is 1. The molecule has 1 rings (SSSR count). The molecule has 0 aliphatic rings. The normalized spacial score (nSPS) is 8.45. The molecule has 0 amide bonds. The van der Waals surface area contributed by atoms with E-state index in [1.165, 1.54) is 0 Å². The summed E-state index contributed by atoms with van der Waals surface area (Å²) in [6.45, 7) is 0. The number of nitrogens with two attached hydrogens (primary N) is 1. The third-order valence-electron chi connectivity index (χ3n) is 1.14. The first-order valence-electron chi connectivity index (χ1n) is 2.80. The zero-order valence-electron chi connectivity index (χ0n) is 5.67. The van der Waals surface area contributed by atoms with E-state index in [0.29, 0.717) is 10.6 Å². The maximum atomic E-state index is 7.05. The number of halogens is 2. The molecule has 0 saturated heterocycles. The Bertz CT molecular complexity index is 260. The zero-order valence-corrected chi connectivity index (χ0v) is 7.25.